The summed E-state index contributed by atoms with van der Waals surface area (Å²) in [5, 5.41) is 0. The topological polar surface area (TPSA) is 32.5 Å². The minimum absolute atomic E-state index is 0.0857. The van der Waals surface area contributed by atoms with Gasteiger partial charge >= 0.3 is 5.51 Å². The number of likely N-dealkylation sites (tertiary alicyclic amines) is 2. The molecule has 0 aliphatic carbocycles. The molecule has 112 valence electrons. The monoisotopic (exact) mass is 297 g/mol. The van der Waals surface area contributed by atoms with Gasteiger partial charge < -0.3 is 10.6 Å². The molecular weight excluding hydrogens is 275 g/mol. The Morgan fingerprint density at radius 2 is 1.79 bits per heavy atom. The van der Waals surface area contributed by atoms with Crippen LogP contribution >= 0.6 is 11.8 Å². The van der Waals surface area contributed by atoms with Gasteiger partial charge in [-0.25, -0.2) is 0 Å². The maximum absolute atomic E-state index is 12.1. The highest BCUT2D eigenvalue weighted by Crippen LogP contribution is 2.30. The third kappa shape index (κ3) is 5.13. The predicted molar refractivity (Wildman–Crippen MR) is 72.1 cm³/mol. The molecule has 0 aromatic rings. The van der Waals surface area contributed by atoms with Crippen LogP contribution in [0.1, 0.15) is 19.3 Å². The Labute approximate surface area is 116 Å². The normalized spacial score (nSPS) is 28.1. The lowest BCUT2D eigenvalue weighted by Crippen LogP contribution is -2.46. The standard InChI is InChI=1S/C12H22F3N3S/c13-12(14,15)19-8-7-17-4-3-11(9-17)18-5-1-10(16)2-6-18/h10-11H,1-9,16H2. The smallest absolute Gasteiger partial charge is 0.328 e. The van der Waals surface area contributed by atoms with Crippen LogP contribution in [0.5, 0.6) is 0 Å². The number of halogens is 3. The maximum atomic E-state index is 12.1. The van der Waals surface area contributed by atoms with E-state index < -0.39 is 5.51 Å². The third-order valence-corrected chi connectivity index (χ3v) is 4.73. The maximum Gasteiger partial charge on any atom is 0.441 e. The van der Waals surface area contributed by atoms with Crippen molar-refractivity contribution in [3.05, 3.63) is 0 Å². The van der Waals surface area contributed by atoms with E-state index in [0.717, 1.165) is 45.4 Å². The van der Waals surface area contributed by atoms with Gasteiger partial charge in [0.25, 0.3) is 0 Å². The Hall–Kier alpha value is 0.0200. The number of alkyl halides is 3. The molecule has 2 N–H and O–H groups in total. The first-order valence-electron chi connectivity index (χ1n) is 6.87. The molecule has 2 saturated heterocycles. The Bertz CT molecular complexity index is 280. The molecular formula is C12H22F3N3S. The summed E-state index contributed by atoms with van der Waals surface area (Å²) < 4.78 is 36.2. The third-order valence-electron chi connectivity index (χ3n) is 4.01. The van der Waals surface area contributed by atoms with Gasteiger partial charge in [0.2, 0.25) is 0 Å². The molecule has 2 aliphatic rings. The number of nitrogens with zero attached hydrogens (tertiary/aromatic N) is 2. The highest BCUT2D eigenvalue weighted by Gasteiger charge is 2.31. The van der Waals surface area contributed by atoms with Crippen molar-refractivity contribution in [2.45, 2.75) is 36.9 Å². The Morgan fingerprint density at radius 1 is 1.11 bits per heavy atom. The first-order valence-corrected chi connectivity index (χ1v) is 7.85. The van der Waals surface area contributed by atoms with Crippen LogP contribution in [0.25, 0.3) is 0 Å². The molecule has 2 heterocycles. The zero-order valence-corrected chi connectivity index (χ0v) is 11.8. The van der Waals surface area contributed by atoms with E-state index in [1.54, 1.807) is 0 Å². The van der Waals surface area contributed by atoms with Gasteiger partial charge in [0.1, 0.15) is 0 Å². The average molecular weight is 297 g/mol. The van der Waals surface area contributed by atoms with Gasteiger partial charge in [0.05, 0.1) is 0 Å². The van der Waals surface area contributed by atoms with E-state index in [1.807, 2.05) is 0 Å². The fraction of sp³-hybridized carbons (Fsp3) is 1.00. The molecule has 0 spiro atoms. The molecule has 1 atom stereocenters. The fourth-order valence-corrected chi connectivity index (χ4v) is 3.47. The van der Waals surface area contributed by atoms with E-state index in [1.165, 1.54) is 0 Å². The Kier molecular flexibility index (Phi) is 5.39. The Balaban J connectivity index is 1.65. The van der Waals surface area contributed by atoms with E-state index >= 15 is 0 Å². The van der Waals surface area contributed by atoms with Crippen LogP contribution < -0.4 is 5.73 Å². The highest BCUT2D eigenvalue weighted by atomic mass is 32.2. The minimum Gasteiger partial charge on any atom is -0.328 e. The molecule has 3 nitrogen and oxygen atoms in total. The largest absolute Gasteiger partial charge is 0.441 e. The average Bonchev–Trinajstić information content (AvgIpc) is 2.77. The van der Waals surface area contributed by atoms with E-state index in [2.05, 4.69) is 9.80 Å². The van der Waals surface area contributed by atoms with Crippen molar-refractivity contribution in [3.63, 3.8) is 0 Å². The molecule has 19 heavy (non-hydrogen) atoms. The van der Waals surface area contributed by atoms with E-state index in [9.17, 15) is 13.2 Å². The summed E-state index contributed by atoms with van der Waals surface area (Å²) in [7, 11) is 0. The number of piperidine rings is 1. The molecule has 1 unspecified atom stereocenters. The lowest BCUT2D eigenvalue weighted by atomic mass is 10.0. The summed E-state index contributed by atoms with van der Waals surface area (Å²) in [5.41, 5.74) is 1.79. The van der Waals surface area contributed by atoms with Gasteiger partial charge in [-0.3, -0.25) is 4.90 Å². The number of hydrogen-bond donors (Lipinski definition) is 1. The molecule has 2 rings (SSSR count). The molecule has 0 radical (unpaired) electrons. The molecule has 2 aliphatic heterocycles. The van der Waals surface area contributed by atoms with Crippen molar-refractivity contribution in [1.82, 2.24) is 9.80 Å². The zero-order valence-electron chi connectivity index (χ0n) is 11.0. The van der Waals surface area contributed by atoms with Gasteiger partial charge in [0.15, 0.2) is 0 Å². The van der Waals surface area contributed by atoms with Gasteiger partial charge in [-0.15, -0.1) is 0 Å². The van der Waals surface area contributed by atoms with Crippen molar-refractivity contribution in [2.24, 2.45) is 5.73 Å². The minimum atomic E-state index is -4.10. The predicted octanol–water partition coefficient (Wildman–Crippen LogP) is 1.74. The van der Waals surface area contributed by atoms with Crippen molar-refractivity contribution in [3.8, 4) is 0 Å². The van der Waals surface area contributed by atoms with Crippen LogP contribution in [0.15, 0.2) is 0 Å². The second kappa shape index (κ2) is 6.65. The second-order valence-electron chi connectivity index (χ2n) is 5.41. The summed E-state index contributed by atoms with van der Waals surface area (Å²) in [5.74, 6) is 0.140. The summed E-state index contributed by atoms with van der Waals surface area (Å²) in [6.07, 6.45) is 3.16. The zero-order chi connectivity index (χ0) is 13.9. The van der Waals surface area contributed by atoms with Crippen molar-refractivity contribution in [2.75, 3.05) is 38.5 Å². The van der Waals surface area contributed by atoms with Crippen LogP contribution in [0.2, 0.25) is 0 Å². The fourth-order valence-electron chi connectivity index (χ4n) is 2.89. The number of nitrogens with two attached hydrogens (primary N) is 1. The van der Waals surface area contributed by atoms with Crippen LogP contribution in [-0.2, 0) is 0 Å². The molecule has 0 amide bonds. The van der Waals surface area contributed by atoms with Crippen molar-refractivity contribution < 1.29 is 13.2 Å². The summed E-state index contributed by atoms with van der Waals surface area (Å²) in [4.78, 5) is 4.61. The molecule has 0 saturated carbocycles. The molecule has 2 fully saturated rings. The van der Waals surface area contributed by atoms with Crippen LogP contribution in [-0.4, -0.2) is 65.9 Å². The second-order valence-corrected chi connectivity index (χ2v) is 6.57. The molecule has 0 aromatic carbocycles. The summed E-state index contributed by atoms with van der Waals surface area (Å²) in [6, 6.07) is 0.848. The van der Waals surface area contributed by atoms with E-state index in [0.29, 0.717) is 18.6 Å². The van der Waals surface area contributed by atoms with Crippen molar-refractivity contribution in [1.29, 1.82) is 0 Å². The molecule has 7 heteroatoms. The summed E-state index contributed by atoms with van der Waals surface area (Å²) >= 11 is 0.0857. The van der Waals surface area contributed by atoms with Crippen LogP contribution in [0.3, 0.4) is 0 Å². The first kappa shape index (κ1) is 15.4. The lowest BCUT2D eigenvalue weighted by Gasteiger charge is -2.34. The quantitative estimate of drug-likeness (QED) is 0.857. The van der Waals surface area contributed by atoms with Gasteiger partial charge in [-0.05, 0) is 50.7 Å². The molecule has 0 bridgehead atoms. The number of hydrogen-bond acceptors (Lipinski definition) is 4. The summed E-state index contributed by atoms with van der Waals surface area (Å²) in [6.45, 7) is 4.45. The van der Waals surface area contributed by atoms with Gasteiger partial charge in [-0.1, -0.05) is 0 Å². The number of thioether (sulfide) groups is 1. The number of rotatable bonds is 4. The van der Waals surface area contributed by atoms with Gasteiger partial charge in [0, 0.05) is 30.9 Å². The van der Waals surface area contributed by atoms with Crippen LogP contribution in [0.4, 0.5) is 13.2 Å². The lowest BCUT2D eigenvalue weighted by molar-refractivity contribution is -0.0328. The van der Waals surface area contributed by atoms with Crippen molar-refractivity contribution >= 4 is 11.8 Å². The van der Waals surface area contributed by atoms with E-state index in [4.69, 9.17) is 5.73 Å². The molecule has 0 aromatic heterocycles. The first-order chi connectivity index (χ1) is 8.94. The van der Waals surface area contributed by atoms with Crippen LogP contribution in [0, 0.1) is 0 Å². The SMILES string of the molecule is NC1CCN(C2CCN(CCSC(F)(F)F)C2)CC1. The van der Waals surface area contributed by atoms with Gasteiger partial charge in [-0.2, -0.15) is 13.2 Å². The Morgan fingerprint density at radius 3 is 2.42 bits per heavy atom. The van der Waals surface area contributed by atoms with E-state index in [-0.39, 0.29) is 17.5 Å². The highest BCUT2D eigenvalue weighted by molar-refractivity contribution is 8.00.